The van der Waals surface area contributed by atoms with Crippen LogP contribution in [0.3, 0.4) is 0 Å². The Morgan fingerprint density at radius 1 is 1.33 bits per heavy atom. The summed E-state index contributed by atoms with van der Waals surface area (Å²) in [5.41, 5.74) is -0.430. The van der Waals surface area contributed by atoms with E-state index in [-0.39, 0.29) is 12.5 Å². The zero-order valence-corrected chi connectivity index (χ0v) is 15.1. The van der Waals surface area contributed by atoms with E-state index in [0.717, 1.165) is 9.56 Å². The van der Waals surface area contributed by atoms with Crippen LogP contribution >= 0.6 is 34.3 Å². The number of nitrogens with zero attached hydrogens (tertiary/aromatic N) is 5. The number of tetrazole rings is 1. The van der Waals surface area contributed by atoms with Crippen LogP contribution in [0, 0.1) is 0 Å². The molecule has 3 aromatic heterocycles. The van der Waals surface area contributed by atoms with Gasteiger partial charge in [0.05, 0.1) is 10.9 Å². The molecule has 0 aliphatic carbocycles. The molecule has 0 spiro atoms. The Kier molecular flexibility index (Phi) is 5.12. The number of likely N-dealkylation sites (N-methyl/N-ethyl adjacent to an activating group) is 1. The minimum absolute atomic E-state index is 0.142. The van der Waals surface area contributed by atoms with Gasteiger partial charge in [0.25, 0.3) is 0 Å². The highest BCUT2D eigenvalue weighted by Crippen LogP contribution is 2.22. The molecule has 3 aromatic rings. The van der Waals surface area contributed by atoms with E-state index in [0.29, 0.717) is 22.4 Å². The van der Waals surface area contributed by atoms with Gasteiger partial charge in [0.2, 0.25) is 5.91 Å². The number of rotatable bonds is 6. The molecule has 24 heavy (non-hydrogen) atoms. The molecule has 7 nitrogen and oxygen atoms in total. The fraction of sp³-hybridized carbons (Fsp3) is 0.286. The molecule has 0 saturated heterocycles. The van der Waals surface area contributed by atoms with Gasteiger partial charge >= 0.3 is 5.69 Å². The van der Waals surface area contributed by atoms with Gasteiger partial charge in [0.15, 0.2) is 0 Å². The maximum Gasteiger partial charge on any atom is 0.369 e. The Labute approximate surface area is 150 Å². The van der Waals surface area contributed by atoms with E-state index in [2.05, 4.69) is 10.4 Å². The van der Waals surface area contributed by atoms with Crippen molar-refractivity contribution in [3.63, 3.8) is 0 Å². The molecule has 0 bridgehead atoms. The van der Waals surface area contributed by atoms with Gasteiger partial charge in [-0.25, -0.2) is 4.79 Å². The summed E-state index contributed by atoms with van der Waals surface area (Å²) in [7, 11) is 0. The van der Waals surface area contributed by atoms with Crippen LogP contribution in [0.15, 0.2) is 34.4 Å². The molecule has 10 heteroatoms. The monoisotopic (exact) mass is 383 g/mol. The zero-order chi connectivity index (χ0) is 17.1. The van der Waals surface area contributed by atoms with Crippen molar-refractivity contribution in [3.05, 3.63) is 49.3 Å². The first-order valence-corrected chi connectivity index (χ1v) is 9.24. The molecule has 0 atom stereocenters. The third-order valence-electron chi connectivity index (χ3n) is 3.35. The van der Waals surface area contributed by atoms with Gasteiger partial charge in [-0.1, -0.05) is 11.6 Å². The van der Waals surface area contributed by atoms with Crippen LogP contribution in [-0.4, -0.2) is 37.1 Å². The lowest BCUT2D eigenvalue weighted by molar-refractivity contribution is -0.132. The summed E-state index contributed by atoms with van der Waals surface area (Å²) in [5.74, 6) is -0.192. The second kappa shape index (κ2) is 7.29. The van der Waals surface area contributed by atoms with Crippen molar-refractivity contribution in [3.8, 4) is 5.00 Å². The van der Waals surface area contributed by atoms with Crippen molar-refractivity contribution in [2.24, 2.45) is 0 Å². The highest BCUT2D eigenvalue weighted by atomic mass is 35.5. The fourth-order valence-electron chi connectivity index (χ4n) is 2.13. The van der Waals surface area contributed by atoms with Crippen LogP contribution in [0.2, 0.25) is 4.34 Å². The number of hydrogen-bond acceptors (Lipinski definition) is 6. The molecule has 0 aromatic carbocycles. The average molecular weight is 384 g/mol. The molecular weight excluding hydrogens is 370 g/mol. The Morgan fingerprint density at radius 2 is 2.17 bits per heavy atom. The fourth-order valence-corrected chi connectivity index (χ4v) is 3.90. The number of thiophene rings is 2. The molecule has 0 radical (unpaired) electrons. The minimum atomic E-state index is -0.430. The van der Waals surface area contributed by atoms with E-state index in [1.165, 1.54) is 27.4 Å². The van der Waals surface area contributed by atoms with Crippen molar-refractivity contribution in [1.82, 2.24) is 24.7 Å². The predicted molar refractivity (Wildman–Crippen MR) is 93.9 cm³/mol. The van der Waals surface area contributed by atoms with Crippen LogP contribution < -0.4 is 5.69 Å². The zero-order valence-electron chi connectivity index (χ0n) is 12.8. The first-order valence-electron chi connectivity index (χ1n) is 7.17. The van der Waals surface area contributed by atoms with Gasteiger partial charge in [-0.2, -0.15) is 9.36 Å². The second-order valence-electron chi connectivity index (χ2n) is 4.90. The number of hydrogen-bond donors (Lipinski definition) is 0. The molecular formula is C14H14ClN5O2S2. The lowest BCUT2D eigenvalue weighted by atomic mass is 10.4. The third kappa shape index (κ3) is 3.58. The van der Waals surface area contributed by atoms with E-state index in [1.807, 2.05) is 24.4 Å². The molecule has 0 saturated carbocycles. The quantitative estimate of drug-likeness (QED) is 0.654. The maximum atomic E-state index is 12.5. The van der Waals surface area contributed by atoms with Crippen molar-refractivity contribution in [1.29, 1.82) is 0 Å². The normalized spacial score (nSPS) is 10.9. The lowest BCUT2D eigenvalue weighted by Gasteiger charge is -2.19. The maximum absolute atomic E-state index is 12.5. The molecule has 126 valence electrons. The highest BCUT2D eigenvalue weighted by molar-refractivity contribution is 7.16. The van der Waals surface area contributed by atoms with Gasteiger partial charge in [0.1, 0.15) is 11.5 Å². The van der Waals surface area contributed by atoms with Crippen LogP contribution in [0.4, 0.5) is 0 Å². The SMILES string of the molecule is CCN(Cc1ccc(Cl)s1)C(=O)Cn1nnn(-c2cccs2)c1=O. The Morgan fingerprint density at radius 3 is 2.79 bits per heavy atom. The molecule has 0 aliphatic heterocycles. The number of amides is 1. The number of carbonyl (C=O) groups is 1. The average Bonchev–Trinajstić information content (AvgIpc) is 3.28. The highest BCUT2D eigenvalue weighted by Gasteiger charge is 2.17. The molecule has 3 heterocycles. The molecule has 1 amide bonds. The predicted octanol–water partition coefficient (Wildman–Crippen LogP) is 2.25. The smallest absolute Gasteiger partial charge is 0.336 e. The lowest BCUT2D eigenvalue weighted by Crippen LogP contribution is -2.36. The Bertz CT molecular complexity index is 883. The van der Waals surface area contributed by atoms with Crippen LogP contribution in [0.25, 0.3) is 5.00 Å². The largest absolute Gasteiger partial charge is 0.369 e. The van der Waals surface area contributed by atoms with Crippen LogP contribution in [0.1, 0.15) is 11.8 Å². The number of halogens is 1. The van der Waals surface area contributed by atoms with E-state index in [4.69, 9.17) is 11.6 Å². The number of carbonyl (C=O) groups excluding carboxylic acids is 1. The van der Waals surface area contributed by atoms with E-state index in [1.54, 1.807) is 17.0 Å². The summed E-state index contributed by atoms with van der Waals surface area (Å²) in [6.45, 7) is 2.73. The topological polar surface area (TPSA) is 73.0 Å². The summed E-state index contributed by atoms with van der Waals surface area (Å²) >= 11 is 8.73. The first-order chi connectivity index (χ1) is 11.6. The molecule has 0 fully saturated rings. The Hall–Kier alpha value is -1.97. The summed E-state index contributed by atoms with van der Waals surface area (Å²) in [5, 5.41) is 10.1. The van der Waals surface area contributed by atoms with Gasteiger partial charge in [-0.3, -0.25) is 4.79 Å². The van der Waals surface area contributed by atoms with Crippen molar-refractivity contribution >= 4 is 40.2 Å². The van der Waals surface area contributed by atoms with E-state index >= 15 is 0 Å². The minimum Gasteiger partial charge on any atom is -0.336 e. The summed E-state index contributed by atoms with van der Waals surface area (Å²) in [6.07, 6.45) is 0. The van der Waals surface area contributed by atoms with E-state index < -0.39 is 5.69 Å². The second-order valence-corrected chi connectivity index (χ2v) is 7.62. The summed E-state index contributed by atoms with van der Waals surface area (Å²) in [4.78, 5) is 27.4. The number of aromatic nitrogens is 4. The molecule has 0 N–H and O–H groups in total. The molecule has 0 aliphatic rings. The standard InChI is InChI=1S/C14H14ClN5O2S2/c1-2-18(8-10-5-6-11(15)24-10)12(21)9-19-14(22)20(17-16-19)13-4-3-7-23-13/h3-7H,2,8-9H2,1H3. The third-order valence-corrected chi connectivity index (χ3v) is 5.41. The van der Waals surface area contributed by atoms with Crippen LogP contribution in [0.5, 0.6) is 0 Å². The molecule has 3 rings (SSSR count). The van der Waals surface area contributed by atoms with Crippen LogP contribution in [-0.2, 0) is 17.9 Å². The van der Waals surface area contributed by atoms with Gasteiger partial charge in [0, 0.05) is 11.4 Å². The molecule has 0 unspecified atom stereocenters. The van der Waals surface area contributed by atoms with Crippen molar-refractivity contribution < 1.29 is 4.79 Å². The first kappa shape index (κ1) is 16.9. The van der Waals surface area contributed by atoms with Gasteiger partial charge in [-0.05, 0) is 47.0 Å². The van der Waals surface area contributed by atoms with Gasteiger partial charge < -0.3 is 4.90 Å². The summed E-state index contributed by atoms with van der Waals surface area (Å²) < 4.78 is 2.95. The summed E-state index contributed by atoms with van der Waals surface area (Å²) in [6, 6.07) is 7.28. The van der Waals surface area contributed by atoms with E-state index in [9.17, 15) is 9.59 Å². The Balaban J connectivity index is 1.73. The van der Waals surface area contributed by atoms with Crippen molar-refractivity contribution in [2.45, 2.75) is 20.0 Å². The van der Waals surface area contributed by atoms with Crippen molar-refractivity contribution in [2.75, 3.05) is 6.54 Å². The van der Waals surface area contributed by atoms with Gasteiger partial charge in [-0.15, -0.1) is 22.7 Å².